The van der Waals surface area contributed by atoms with Crippen molar-refractivity contribution >= 4 is 46.5 Å². The Kier molecular flexibility index (Phi) is 7.29. The first kappa shape index (κ1) is 25.4. The van der Waals surface area contributed by atoms with Crippen LogP contribution >= 0.6 is 0 Å². The number of anilines is 2. The number of carboxylic acid groups (broad SMARTS) is 2. The molecule has 0 spiro atoms. The van der Waals surface area contributed by atoms with Crippen molar-refractivity contribution in [2.45, 2.75) is 6.92 Å². The Hall–Kier alpha value is -5.26. The van der Waals surface area contributed by atoms with Crippen LogP contribution in [0.2, 0.25) is 0 Å². The van der Waals surface area contributed by atoms with E-state index in [2.05, 4.69) is 15.5 Å². The predicted octanol–water partition coefficient (Wildman–Crippen LogP) is 3.75. The van der Waals surface area contributed by atoms with Gasteiger partial charge < -0.3 is 31.7 Å². The van der Waals surface area contributed by atoms with Gasteiger partial charge >= 0.3 is 11.9 Å². The van der Waals surface area contributed by atoms with Gasteiger partial charge in [0.15, 0.2) is 0 Å². The molecule has 0 saturated carbocycles. The summed E-state index contributed by atoms with van der Waals surface area (Å²) in [7, 11) is 1.36. The van der Waals surface area contributed by atoms with Crippen LogP contribution in [0.3, 0.4) is 0 Å². The zero-order valence-electron chi connectivity index (χ0n) is 19.1. The van der Waals surface area contributed by atoms with Crippen LogP contribution in [0.5, 0.6) is 5.75 Å². The average molecular weight is 491 g/mol. The molecule has 0 unspecified atom stereocenters. The quantitative estimate of drug-likeness (QED) is 0.231. The largest absolute Gasteiger partial charge is 0.494 e. The third kappa shape index (κ3) is 5.44. The SMILES string of the molecule is COc1cc(N=Nc2ccc(N)cc2)c(C)cc1NC(=O)c1cc(C(=O)O)c(C(N)=O)cc1C(=O)O. The van der Waals surface area contributed by atoms with Gasteiger partial charge in [-0.1, -0.05) is 0 Å². The van der Waals surface area contributed by atoms with Gasteiger partial charge in [0.2, 0.25) is 5.91 Å². The molecular weight excluding hydrogens is 470 g/mol. The van der Waals surface area contributed by atoms with Crippen molar-refractivity contribution in [3.63, 3.8) is 0 Å². The first-order valence-electron chi connectivity index (χ1n) is 10.2. The van der Waals surface area contributed by atoms with Crippen LogP contribution in [0.15, 0.2) is 58.8 Å². The molecule has 0 aromatic heterocycles. The van der Waals surface area contributed by atoms with Gasteiger partial charge in [-0.3, -0.25) is 9.59 Å². The Bertz CT molecular complexity index is 1420. The molecule has 36 heavy (non-hydrogen) atoms. The fraction of sp³-hybridized carbons (Fsp3) is 0.0833. The monoisotopic (exact) mass is 491 g/mol. The van der Waals surface area contributed by atoms with E-state index in [9.17, 15) is 29.4 Å². The molecule has 0 radical (unpaired) electrons. The fourth-order valence-electron chi connectivity index (χ4n) is 3.24. The van der Waals surface area contributed by atoms with Gasteiger partial charge in [0.25, 0.3) is 5.91 Å². The first-order chi connectivity index (χ1) is 17.0. The van der Waals surface area contributed by atoms with E-state index in [4.69, 9.17) is 16.2 Å². The minimum atomic E-state index is -1.56. The molecule has 0 fully saturated rings. The summed E-state index contributed by atoms with van der Waals surface area (Å²) in [6.07, 6.45) is 0. The molecule has 0 atom stereocenters. The van der Waals surface area contributed by atoms with E-state index in [-0.39, 0.29) is 11.4 Å². The van der Waals surface area contributed by atoms with Crippen LogP contribution in [-0.4, -0.2) is 41.1 Å². The number of methoxy groups -OCH3 is 1. The zero-order chi connectivity index (χ0) is 26.6. The normalized spacial score (nSPS) is 10.7. The third-order valence-electron chi connectivity index (χ3n) is 5.06. The summed E-state index contributed by atoms with van der Waals surface area (Å²) < 4.78 is 5.33. The molecule has 12 heteroatoms. The van der Waals surface area contributed by atoms with Gasteiger partial charge in [-0.15, -0.1) is 0 Å². The minimum absolute atomic E-state index is 0.165. The molecule has 12 nitrogen and oxygen atoms in total. The zero-order valence-corrected chi connectivity index (χ0v) is 19.1. The van der Waals surface area contributed by atoms with Crippen molar-refractivity contribution in [3.05, 3.63) is 76.3 Å². The molecule has 0 bridgehead atoms. The molecule has 0 heterocycles. The van der Waals surface area contributed by atoms with E-state index >= 15 is 0 Å². The maximum atomic E-state index is 13.0. The summed E-state index contributed by atoms with van der Waals surface area (Å²) in [4.78, 5) is 47.9. The summed E-state index contributed by atoms with van der Waals surface area (Å²) in [6, 6.07) is 11.3. The number of hydrogen-bond acceptors (Lipinski definition) is 8. The lowest BCUT2D eigenvalue weighted by atomic mass is 9.97. The second kappa shape index (κ2) is 10.3. The number of primary amides is 1. The number of carbonyl (C=O) groups is 4. The second-order valence-electron chi connectivity index (χ2n) is 7.50. The molecule has 0 aliphatic heterocycles. The van der Waals surface area contributed by atoms with Crippen LogP contribution in [0.1, 0.15) is 47.0 Å². The number of amides is 2. The number of carboxylic acids is 2. The molecule has 3 aromatic rings. The molecule has 0 saturated heterocycles. The minimum Gasteiger partial charge on any atom is -0.494 e. The van der Waals surface area contributed by atoms with Crippen molar-refractivity contribution in [2.75, 3.05) is 18.2 Å². The van der Waals surface area contributed by atoms with E-state index in [1.807, 2.05) is 0 Å². The molecule has 2 amide bonds. The summed E-state index contributed by atoms with van der Waals surface area (Å²) >= 11 is 0. The number of hydrogen-bond donors (Lipinski definition) is 5. The number of carbonyl (C=O) groups excluding carboxylic acids is 2. The standard InChI is InChI=1S/C24H21N5O7/c1-11-7-19(20(36-2)10-18(11)29-28-13-5-3-12(25)4-6-13)27-22(31)15-9-16(23(32)33)14(21(26)30)8-17(15)24(34)35/h3-10H,25H2,1-2H3,(H2,26,30)(H,27,31)(H,32,33)(H,34,35). The maximum absolute atomic E-state index is 13.0. The molecule has 3 rings (SSSR count). The van der Waals surface area contributed by atoms with Crippen molar-refractivity contribution in [3.8, 4) is 5.75 Å². The van der Waals surface area contributed by atoms with Gasteiger partial charge in [0.05, 0.1) is 46.4 Å². The lowest BCUT2D eigenvalue weighted by molar-refractivity contribution is 0.0677. The highest BCUT2D eigenvalue weighted by Crippen LogP contribution is 2.34. The first-order valence-corrected chi connectivity index (χ1v) is 10.2. The number of ether oxygens (including phenoxy) is 1. The topological polar surface area (TPSA) is 207 Å². The van der Waals surface area contributed by atoms with Crippen molar-refractivity contribution in [2.24, 2.45) is 16.0 Å². The van der Waals surface area contributed by atoms with Crippen molar-refractivity contribution in [1.29, 1.82) is 0 Å². The Morgan fingerprint density at radius 2 is 1.44 bits per heavy atom. The average Bonchev–Trinajstić information content (AvgIpc) is 2.83. The van der Waals surface area contributed by atoms with E-state index in [0.717, 1.165) is 12.1 Å². The van der Waals surface area contributed by atoms with Crippen LogP contribution in [0.25, 0.3) is 0 Å². The van der Waals surface area contributed by atoms with Crippen LogP contribution in [0, 0.1) is 6.92 Å². The van der Waals surface area contributed by atoms with Crippen LogP contribution in [0.4, 0.5) is 22.7 Å². The third-order valence-corrected chi connectivity index (χ3v) is 5.06. The van der Waals surface area contributed by atoms with Crippen molar-refractivity contribution in [1.82, 2.24) is 0 Å². The molecule has 0 aliphatic rings. The lowest BCUT2D eigenvalue weighted by Gasteiger charge is -2.14. The highest BCUT2D eigenvalue weighted by atomic mass is 16.5. The van der Waals surface area contributed by atoms with Crippen molar-refractivity contribution < 1.29 is 34.1 Å². The lowest BCUT2D eigenvalue weighted by Crippen LogP contribution is -2.22. The highest BCUT2D eigenvalue weighted by molar-refractivity contribution is 6.15. The summed E-state index contributed by atoms with van der Waals surface area (Å²) in [5.74, 6) is -5.02. The summed E-state index contributed by atoms with van der Waals surface area (Å²) in [6.45, 7) is 1.71. The highest BCUT2D eigenvalue weighted by Gasteiger charge is 2.25. The molecule has 0 aliphatic carbocycles. The van der Waals surface area contributed by atoms with Gasteiger partial charge in [-0.05, 0) is 55.0 Å². The molecular formula is C24H21N5O7. The summed E-state index contributed by atoms with van der Waals surface area (Å²) in [5.41, 5.74) is 10.9. The molecule has 3 aromatic carbocycles. The Morgan fingerprint density at radius 3 is 2.00 bits per heavy atom. The van der Waals surface area contributed by atoms with E-state index in [1.165, 1.54) is 19.2 Å². The van der Waals surface area contributed by atoms with Crippen LogP contribution in [-0.2, 0) is 0 Å². The smallest absolute Gasteiger partial charge is 0.336 e. The predicted molar refractivity (Wildman–Crippen MR) is 130 cm³/mol. The van der Waals surface area contributed by atoms with E-state index < -0.39 is 46.0 Å². The number of aromatic carboxylic acids is 2. The fourth-order valence-corrected chi connectivity index (χ4v) is 3.24. The summed E-state index contributed by atoms with van der Waals surface area (Å²) in [5, 5.41) is 29.8. The van der Waals surface area contributed by atoms with Gasteiger partial charge in [-0.25, -0.2) is 9.59 Å². The number of nitrogens with one attached hydrogen (secondary N) is 1. The Morgan fingerprint density at radius 1 is 0.861 bits per heavy atom. The number of azo groups is 1. The Balaban J connectivity index is 1.99. The second-order valence-corrected chi connectivity index (χ2v) is 7.50. The number of benzene rings is 3. The number of nitrogen functional groups attached to an aromatic ring is 1. The number of nitrogens with two attached hydrogens (primary N) is 2. The number of nitrogens with zero attached hydrogens (tertiary/aromatic N) is 2. The molecule has 7 N–H and O–H groups in total. The van der Waals surface area contributed by atoms with Crippen LogP contribution < -0.4 is 21.5 Å². The van der Waals surface area contributed by atoms with Gasteiger partial charge in [-0.2, -0.15) is 10.2 Å². The number of rotatable bonds is 8. The van der Waals surface area contributed by atoms with Gasteiger partial charge in [0, 0.05) is 11.8 Å². The molecule has 184 valence electrons. The van der Waals surface area contributed by atoms with E-state index in [0.29, 0.717) is 22.6 Å². The van der Waals surface area contributed by atoms with Gasteiger partial charge in [0.1, 0.15) is 5.75 Å². The maximum Gasteiger partial charge on any atom is 0.336 e. The Labute approximate surface area is 204 Å². The number of aryl methyl sites for hydroxylation is 1. The van der Waals surface area contributed by atoms with E-state index in [1.54, 1.807) is 31.2 Å².